The van der Waals surface area contributed by atoms with Crippen LogP contribution in [0.1, 0.15) is 22.8 Å². The summed E-state index contributed by atoms with van der Waals surface area (Å²) >= 11 is 1.48. The first kappa shape index (κ1) is 19.9. The van der Waals surface area contributed by atoms with E-state index in [1.54, 1.807) is 24.1 Å². The third-order valence-corrected chi connectivity index (χ3v) is 5.68. The van der Waals surface area contributed by atoms with Crippen LogP contribution in [0, 0.1) is 0 Å². The quantitative estimate of drug-likeness (QED) is 0.395. The van der Waals surface area contributed by atoms with E-state index < -0.39 is 0 Å². The van der Waals surface area contributed by atoms with Crippen LogP contribution < -0.4 is 14.4 Å². The molecule has 1 amide bonds. The minimum atomic E-state index is -0.123. The molecule has 30 heavy (non-hydrogen) atoms. The first-order valence-electron chi connectivity index (χ1n) is 9.71. The fourth-order valence-electron chi connectivity index (χ4n) is 3.17. The number of anilines is 1. The third-order valence-electron chi connectivity index (χ3n) is 4.64. The van der Waals surface area contributed by atoms with Gasteiger partial charge in [-0.05, 0) is 48.9 Å². The predicted molar refractivity (Wildman–Crippen MR) is 121 cm³/mol. The molecule has 0 saturated heterocycles. The van der Waals surface area contributed by atoms with Gasteiger partial charge in [0.1, 0.15) is 11.5 Å². The fraction of sp³-hybridized carbons (Fsp3) is 0.167. The van der Waals surface area contributed by atoms with E-state index in [1.807, 2.05) is 67.6 Å². The Kier molecular flexibility index (Phi) is 5.95. The molecule has 1 aromatic heterocycles. The van der Waals surface area contributed by atoms with Crippen molar-refractivity contribution in [2.75, 3.05) is 18.6 Å². The van der Waals surface area contributed by atoms with Gasteiger partial charge in [-0.1, -0.05) is 47.7 Å². The number of thiazole rings is 1. The number of hydrogen-bond donors (Lipinski definition) is 0. The van der Waals surface area contributed by atoms with Crippen LogP contribution >= 0.6 is 11.3 Å². The average molecular weight is 419 g/mol. The maximum absolute atomic E-state index is 13.5. The molecule has 6 heteroatoms. The molecule has 0 spiro atoms. The van der Waals surface area contributed by atoms with E-state index in [0.29, 0.717) is 29.6 Å². The number of hydrogen-bond acceptors (Lipinski definition) is 5. The van der Waals surface area contributed by atoms with Crippen LogP contribution in [-0.2, 0) is 6.54 Å². The molecule has 0 aliphatic heterocycles. The molecule has 4 aromatic rings. The van der Waals surface area contributed by atoms with Crippen LogP contribution in [0.5, 0.6) is 11.5 Å². The highest BCUT2D eigenvalue weighted by molar-refractivity contribution is 7.22. The van der Waals surface area contributed by atoms with E-state index >= 15 is 0 Å². The van der Waals surface area contributed by atoms with Crippen molar-refractivity contribution >= 4 is 32.6 Å². The van der Waals surface area contributed by atoms with Crippen molar-refractivity contribution in [3.8, 4) is 11.5 Å². The van der Waals surface area contributed by atoms with Crippen LogP contribution in [0.4, 0.5) is 5.13 Å². The van der Waals surface area contributed by atoms with E-state index in [1.165, 1.54) is 11.3 Å². The Hall–Kier alpha value is -3.38. The summed E-state index contributed by atoms with van der Waals surface area (Å²) in [5.41, 5.74) is 2.43. The van der Waals surface area contributed by atoms with Crippen molar-refractivity contribution in [1.82, 2.24) is 4.98 Å². The minimum Gasteiger partial charge on any atom is -0.497 e. The van der Waals surface area contributed by atoms with Gasteiger partial charge in [0.05, 0.1) is 30.5 Å². The van der Waals surface area contributed by atoms with Crippen molar-refractivity contribution in [3.05, 3.63) is 83.9 Å². The summed E-state index contributed by atoms with van der Waals surface area (Å²) in [7, 11) is 1.59. The highest BCUT2D eigenvalue weighted by Crippen LogP contribution is 2.33. The number of benzene rings is 3. The smallest absolute Gasteiger partial charge is 0.260 e. The lowest BCUT2D eigenvalue weighted by molar-refractivity contribution is 0.0985. The van der Waals surface area contributed by atoms with Gasteiger partial charge >= 0.3 is 0 Å². The summed E-state index contributed by atoms with van der Waals surface area (Å²) in [6.45, 7) is 2.98. The molecule has 0 atom stereocenters. The fourth-order valence-corrected chi connectivity index (χ4v) is 4.16. The van der Waals surface area contributed by atoms with E-state index in [0.717, 1.165) is 21.5 Å². The van der Waals surface area contributed by atoms with Crippen LogP contribution in [0.15, 0.2) is 72.8 Å². The Morgan fingerprint density at radius 2 is 1.83 bits per heavy atom. The molecule has 4 rings (SSSR count). The molecule has 0 saturated carbocycles. The van der Waals surface area contributed by atoms with E-state index in [9.17, 15) is 4.79 Å². The highest BCUT2D eigenvalue weighted by Gasteiger charge is 2.22. The predicted octanol–water partition coefficient (Wildman–Crippen LogP) is 5.55. The number of carbonyl (C=O) groups excluding carboxylic acids is 1. The normalized spacial score (nSPS) is 10.7. The average Bonchev–Trinajstić information content (AvgIpc) is 3.21. The molecule has 0 unspecified atom stereocenters. The number of amides is 1. The summed E-state index contributed by atoms with van der Waals surface area (Å²) in [6, 6.07) is 22.9. The molecule has 0 bridgehead atoms. The second-order valence-electron chi connectivity index (χ2n) is 6.67. The highest BCUT2D eigenvalue weighted by atomic mass is 32.1. The maximum atomic E-state index is 13.5. The van der Waals surface area contributed by atoms with Crippen molar-refractivity contribution < 1.29 is 14.3 Å². The lowest BCUT2D eigenvalue weighted by atomic mass is 10.1. The number of fused-ring (bicyclic) bond motifs is 1. The molecular weight excluding hydrogens is 396 g/mol. The minimum absolute atomic E-state index is 0.123. The lowest BCUT2D eigenvalue weighted by Gasteiger charge is -2.20. The van der Waals surface area contributed by atoms with Gasteiger partial charge in [0.15, 0.2) is 5.13 Å². The number of ether oxygens (including phenoxy) is 2. The zero-order valence-electron chi connectivity index (χ0n) is 16.9. The standard InChI is InChI=1S/C24H22N2O3S/c1-3-29-20-12-13-21-22(15-20)30-24(25-21)26(16-17-8-5-4-6-9-17)23(27)18-10-7-11-19(14-18)28-2/h4-15H,3,16H2,1-2H3. The van der Waals surface area contributed by atoms with Gasteiger partial charge in [0.25, 0.3) is 5.91 Å². The number of nitrogens with zero attached hydrogens (tertiary/aromatic N) is 2. The van der Waals surface area contributed by atoms with E-state index in [2.05, 4.69) is 0 Å². The van der Waals surface area contributed by atoms with Gasteiger partial charge in [0.2, 0.25) is 0 Å². The van der Waals surface area contributed by atoms with Crippen LogP contribution in [0.25, 0.3) is 10.2 Å². The van der Waals surface area contributed by atoms with Gasteiger partial charge in [-0.25, -0.2) is 4.98 Å². The second kappa shape index (κ2) is 8.97. The van der Waals surface area contributed by atoms with Crippen LogP contribution in [0.3, 0.4) is 0 Å². The summed E-state index contributed by atoms with van der Waals surface area (Å²) in [5, 5.41) is 0.648. The molecule has 5 nitrogen and oxygen atoms in total. The van der Waals surface area contributed by atoms with Gasteiger partial charge in [-0.3, -0.25) is 9.69 Å². The summed E-state index contributed by atoms with van der Waals surface area (Å²) < 4.78 is 11.9. The first-order valence-corrected chi connectivity index (χ1v) is 10.5. The zero-order valence-corrected chi connectivity index (χ0v) is 17.7. The number of aromatic nitrogens is 1. The number of carbonyl (C=O) groups is 1. The Morgan fingerprint density at radius 1 is 1.00 bits per heavy atom. The Morgan fingerprint density at radius 3 is 2.60 bits per heavy atom. The Labute approximate surface area is 179 Å². The van der Waals surface area contributed by atoms with Crippen molar-refractivity contribution in [3.63, 3.8) is 0 Å². The molecule has 0 radical (unpaired) electrons. The number of methoxy groups -OCH3 is 1. The number of rotatable bonds is 7. The Balaban J connectivity index is 1.74. The molecule has 0 aliphatic carbocycles. The van der Waals surface area contributed by atoms with Gasteiger partial charge in [-0.2, -0.15) is 0 Å². The molecule has 0 fully saturated rings. The van der Waals surface area contributed by atoms with Crippen molar-refractivity contribution in [2.45, 2.75) is 13.5 Å². The molecule has 1 heterocycles. The zero-order chi connectivity index (χ0) is 20.9. The first-order chi connectivity index (χ1) is 14.7. The SMILES string of the molecule is CCOc1ccc2nc(N(Cc3ccccc3)C(=O)c3cccc(OC)c3)sc2c1. The van der Waals surface area contributed by atoms with Gasteiger partial charge in [-0.15, -0.1) is 0 Å². The topological polar surface area (TPSA) is 51.7 Å². The third kappa shape index (κ3) is 4.28. The molecule has 0 aliphatic rings. The van der Waals surface area contributed by atoms with Crippen LogP contribution in [0.2, 0.25) is 0 Å². The monoisotopic (exact) mass is 418 g/mol. The van der Waals surface area contributed by atoms with Crippen molar-refractivity contribution in [2.24, 2.45) is 0 Å². The summed E-state index contributed by atoms with van der Waals surface area (Å²) in [6.07, 6.45) is 0. The van der Waals surface area contributed by atoms with Gasteiger partial charge < -0.3 is 9.47 Å². The Bertz CT molecular complexity index is 1160. The lowest BCUT2D eigenvalue weighted by Crippen LogP contribution is -2.30. The van der Waals surface area contributed by atoms with E-state index in [-0.39, 0.29) is 5.91 Å². The molecular formula is C24H22N2O3S. The molecule has 3 aromatic carbocycles. The molecule has 0 N–H and O–H groups in total. The van der Waals surface area contributed by atoms with E-state index in [4.69, 9.17) is 14.5 Å². The summed E-state index contributed by atoms with van der Waals surface area (Å²) in [4.78, 5) is 19.9. The maximum Gasteiger partial charge on any atom is 0.260 e. The van der Waals surface area contributed by atoms with Crippen molar-refractivity contribution in [1.29, 1.82) is 0 Å². The van der Waals surface area contributed by atoms with Gasteiger partial charge in [0, 0.05) is 5.56 Å². The van der Waals surface area contributed by atoms with Crippen LogP contribution in [-0.4, -0.2) is 24.6 Å². The summed E-state index contributed by atoms with van der Waals surface area (Å²) in [5.74, 6) is 1.32. The molecule has 152 valence electrons. The second-order valence-corrected chi connectivity index (χ2v) is 7.68. The largest absolute Gasteiger partial charge is 0.497 e.